The summed E-state index contributed by atoms with van der Waals surface area (Å²) in [6, 6.07) is 8.31. The topological polar surface area (TPSA) is 9.23 Å². The Balaban J connectivity index is 2.88. The number of rotatable bonds is 1. The first-order chi connectivity index (χ1) is 4.33. The summed E-state index contributed by atoms with van der Waals surface area (Å²) in [6.45, 7) is 0. The molecule has 1 aromatic rings. The molecule has 0 amide bonds. The largest absolute Gasteiger partial charge is 0.497 e. The van der Waals surface area contributed by atoms with Crippen LogP contribution in [0.15, 0.2) is 24.3 Å². The second-order valence-corrected chi connectivity index (χ2v) is 1.44. The van der Waals surface area contributed by atoms with Crippen LogP contribution in [0.5, 0.6) is 5.75 Å². The van der Waals surface area contributed by atoms with Crippen molar-refractivity contribution in [1.29, 1.82) is 0 Å². The summed E-state index contributed by atoms with van der Waals surface area (Å²) in [5.41, 5.74) is 1.51. The van der Waals surface area contributed by atoms with E-state index in [2.05, 4.69) is 12.1 Å². The summed E-state index contributed by atoms with van der Waals surface area (Å²) in [6.07, 6.45) is 0. The molecule has 0 saturated heterocycles. The minimum absolute atomic E-state index is 0.370. The highest BCUT2D eigenvalue weighted by atomic mass is 16.5. The summed E-state index contributed by atoms with van der Waals surface area (Å²) in [4.78, 5) is 0. The van der Waals surface area contributed by atoms with Crippen molar-refractivity contribution in [1.82, 2.24) is 0 Å². The normalized spacial score (nSPS) is 9.11. The van der Waals surface area contributed by atoms with E-state index in [9.17, 15) is 0 Å². The molecule has 9 heavy (non-hydrogen) atoms. The molecule has 0 N–H and O–H groups in total. The lowest BCUT2D eigenvalue weighted by molar-refractivity contribution is 0.415. The van der Waals surface area contributed by atoms with Gasteiger partial charge in [0.05, 0.1) is 7.11 Å². The van der Waals surface area contributed by atoms with Crippen molar-refractivity contribution in [3.8, 4) is 5.75 Å². The molecule has 0 aliphatic rings. The fourth-order valence-electron chi connectivity index (χ4n) is 0.508. The van der Waals surface area contributed by atoms with Crippen LogP contribution in [0.1, 0.15) is 0 Å². The van der Waals surface area contributed by atoms with Crippen LogP contribution in [0, 0.1) is 0 Å². The molecule has 0 unspecified atom stereocenters. The third kappa shape index (κ3) is 1.49. The Morgan fingerprint density at radius 2 is 1.78 bits per heavy atom. The molecule has 48 valence electrons. The first kappa shape index (κ1) is 6.21. The van der Waals surface area contributed by atoms with E-state index in [1.165, 1.54) is 5.46 Å². The van der Waals surface area contributed by atoms with E-state index in [1.807, 2.05) is 12.1 Å². The molecule has 0 aliphatic heterocycles. The van der Waals surface area contributed by atoms with E-state index in [-0.39, 0.29) is 0 Å². The molecule has 0 heterocycles. The minimum Gasteiger partial charge on any atom is -0.497 e. The Kier molecular flexibility index (Phi) is 1.78. The van der Waals surface area contributed by atoms with Gasteiger partial charge in [-0.15, -0.1) is 0 Å². The van der Waals surface area contributed by atoms with Crippen LogP contribution in [0.25, 0.3) is 0 Å². The van der Waals surface area contributed by atoms with Gasteiger partial charge < -0.3 is 4.74 Å². The molecule has 2 heteroatoms. The second kappa shape index (κ2) is 2.58. The van der Waals surface area contributed by atoms with Gasteiger partial charge in [-0.1, -0.05) is 12.1 Å². The van der Waals surface area contributed by atoms with Gasteiger partial charge in [-0.25, -0.2) is 5.46 Å². The standard InChI is InChI=1S/C7H10BO/c1-9-7-4-2-6(8)3-5-7/h2-5H,1,8H3/q-1. The molecule has 0 fully saturated rings. The van der Waals surface area contributed by atoms with Crippen molar-refractivity contribution in [3.63, 3.8) is 0 Å². The summed E-state index contributed by atoms with van der Waals surface area (Å²) >= 11 is 0. The van der Waals surface area contributed by atoms with E-state index < -0.39 is 0 Å². The zero-order valence-corrected chi connectivity index (χ0v) is 4.72. The van der Waals surface area contributed by atoms with Crippen LogP contribution in [0.2, 0.25) is 0 Å². The van der Waals surface area contributed by atoms with E-state index in [0.717, 1.165) is 5.75 Å². The van der Waals surface area contributed by atoms with Gasteiger partial charge in [0.2, 0.25) is 0 Å². The Labute approximate surface area is 56.1 Å². The van der Waals surface area contributed by atoms with E-state index >= 15 is 0 Å². The average Bonchev–Trinajstić information content (AvgIpc) is 1.90. The fraction of sp³-hybridized carbons (Fsp3) is 0.143. The predicted octanol–water partition coefficient (Wildman–Crippen LogP) is -0.314. The third-order valence-electron chi connectivity index (χ3n) is 0.923. The monoisotopic (exact) mass is 121 g/mol. The molecule has 0 spiro atoms. The van der Waals surface area contributed by atoms with Gasteiger partial charge in [0.1, 0.15) is 5.75 Å². The molecule has 0 aliphatic carbocycles. The molecule has 0 saturated carbocycles. The van der Waals surface area contributed by atoms with Crippen LogP contribution in [0.4, 0.5) is 0 Å². The van der Waals surface area contributed by atoms with E-state index in [0.29, 0.717) is 7.85 Å². The lowest BCUT2D eigenvalue weighted by atomic mass is 9.97. The summed E-state index contributed by atoms with van der Waals surface area (Å²) in [5.74, 6) is 0.957. The summed E-state index contributed by atoms with van der Waals surface area (Å²) in [7, 11) is 2.06. The molecule has 0 atom stereocenters. The maximum Gasteiger partial charge on any atom is 0.118 e. The van der Waals surface area contributed by atoms with Crippen LogP contribution in [-0.2, 0) is 0 Å². The van der Waals surface area contributed by atoms with Crippen molar-refractivity contribution in [2.75, 3.05) is 7.11 Å². The van der Waals surface area contributed by atoms with Crippen LogP contribution in [-0.4, -0.2) is 15.0 Å². The predicted molar refractivity (Wildman–Crippen MR) is 42.6 cm³/mol. The summed E-state index contributed by atoms with van der Waals surface area (Å²) < 4.78 is 5.00. The highest BCUT2D eigenvalue weighted by Gasteiger charge is 1.82. The van der Waals surface area contributed by atoms with Gasteiger partial charge in [0.15, 0.2) is 0 Å². The number of hydrogen-bond donors (Lipinski definition) is 0. The van der Waals surface area contributed by atoms with Gasteiger partial charge in [-0.2, -0.15) is 0 Å². The molecule has 1 aromatic carbocycles. The van der Waals surface area contributed by atoms with Crippen LogP contribution >= 0.6 is 0 Å². The van der Waals surface area contributed by atoms with Crippen molar-refractivity contribution in [3.05, 3.63) is 24.3 Å². The fourth-order valence-corrected chi connectivity index (χ4v) is 0.508. The quantitative estimate of drug-likeness (QED) is 0.463. The Bertz CT molecular complexity index is 181. The molecular weight excluding hydrogens is 111 g/mol. The van der Waals surface area contributed by atoms with Gasteiger partial charge >= 0.3 is 0 Å². The average molecular weight is 121 g/mol. The van der Waals surface area contributed by atoms with Crippen LogP contribution < -0.4 is 10.2 Å². The van der Waals surface area contributed by atoms with Gasteiger partial charge in [0.25, 0.3) is 0 Å². The van der Waals surface area contributed by atoms with Crippen LogP contribution in [0.3, 0.4) is 0 Å². The zero-order chi connectivity index (χ0) is 6.69. The lowest BCUT2D eigenvalue weighted by Crippen LogP contribution is -1.99. The number of ether oxygens (including phenoxy) is 1. The van der Waals surface area contributed by atoms with Gasteiger partial charge in [0, 0.05) is 0 Å². The zero-order valence-electron chi connectivity index (χ0n) is 4.72. The van der Waals surface area contributed by atoms with Crippen molar-refractivity contribution >= 4 is 13.3 Å². The van der Waals surface area contributed by atoms with E-state index in [4.69, 9.17) is 4.74 Å². The Hall–Kier alpha value is -0.915. The molecule has 0 radical (unpaired) electrons. The SMILES string of the molecule is [BH3-]c1ccc(OC)cc1. The highest BCUT2D eigenvalue weighted by Crippen LogP contribution is 2.04. The van der Waals surface area contributed by atoms with Crippen molar-refractivity contribution in [2.45, 2.75) is 0 Å². The Morgan fingerprint density at radius 3 is 2.22 bits per heavy atom. The number of benzene rings is 1. The molecular formula is C7H10BO-. The molecule has 1 nitrogen and oxygen atoms in total. The smallest absolute Gasteiger partial charge is 0.118 e. The third-order valence-corrected chi connectivity index (χ3v) is 0.923. The van der Waals surface area contributed by atoms with Gasteiger partial charge in [-0.3, -0.25) is 0 Å². The highest BCUT2D eigenvalue weighted by molar-refractivity contribution is 6.32. The van der Waals surface area contributed by atoms with Crippen molar-refractivity contribution < 1.29 is 4.74 Å². The molecule has 0 bridgehead atoms. The first-order valence-corrected chi connectivity index (χ1v) is 2.43. The number of methoxy groups -OCH3 is 1. The van der Waals surface area contributed by atoms with Crippen molar-refractivity contribution in [2.24, 2.45) is 0 Å². The lowest BCUT2D eigenvalue weighted by Gasteiger charge is -1.99. The molecule has 1 rings (SSSR count). The number of hydrogen-bond acceptors (Lipinski definition) is 1. The minimum atomic E-state index is 0.370. The first-order valence-electron chi connectivity index (χ1n) is 2.43. The van der Waals surface area contributed by atoms with Gasteiger partial charge in [-0.05, 0) is 20.0 Å². The molecule has 0 aromatic heterocycles. The maximum atomic E-state index is 5.00. The maximum absolute atomic E-state index is 5.00. The second-order valence-electron chi connectivity index (χ2n) is 1.44. The summed E-state index contributed by atoms with van der Waals surface area (Å²) in [5, 5.41) is 0. The Morgan fingerprint density at radius 1 is 1.22 bits per heavy atom. The van der Waals surface area contributed by atoms with E-state index in [1.54, 1.807) is 7.11 Å².